The van der Waals surface area contributed by atoms with Crippen molar-refractivity contribution in [1.29, 1.82) is 0 Å². The first-order valence-electron chi connectivity index (χ1n) is 9.03. The Morgan fingerprint density at radius 3 is 2.96 bits per heavy atom. The van der Waals surface area contributed by atoms with Gasteiger partial charge in [-0.05, 0) is 36.5 Å². The van der Waals surface area contributed by atoms with Gasteiger partial charge in [-0.25, -0.2) is 14.6 Å². The summed E-state index contributed by atoms with van der Waals surface area (Å²) in [5.41, 5.74) is 1.55. The van der Waals surface area contributed by atoms with Crippen LogP contribution in [0.25, 0.3) is 0 Å². The van der Waals surface area contributed by atoms with Gasteiger partial charge in [0.15, 0.2) is 0 Å². The van der Waals surface area contributed by atoms with Gasteiger partial charge in [0, 0.05) is 24.5 Å². The Hall–Kier alpha value is -3.00. The molecule has 1 fully saturated rings. The number of amides is 1. The van der Waals surface area contributed by atoms with E-state index in [2.05, 4.69) is 20.4 Å². The number of benzene rings is 1. The zero-order valence-corrected chi connectivity index (χ0v) is 14.8. The molecule has 1 amide bonds. The number of nitrogens with zero attached hydrogens (tertiary/aromatic N) is 5. The molecule has 1 aliphatic carbocycles. The van der Waals surface area contributed by atoms with E-state index in [1.165, 1.54) is 6.33 Å². The van der Waals surface area contributed by atoms with Crippen LogP contribution < -0.4 is 5.32 Å². The molecule has 0 aliphatic heterocycles. The molecule has 0 saturated heterocycles. The van der Waals surface area contributed by atoms with E-state index in [-0.39, 0.29) is 11.9 Å². The molecule has 0 radical (unpaired) electrons. The van der Waals surface area contributed by atoms with Crippen molar-refractivity contribution in [2.75, 3.05) is 0 Å². The fraction of sp³-hybridized carbons (Fsp3) is 0.368. The fourth-order valence-corrected chi connectivity index (χ4v) is 3.68. The molecule has 1 aliphatic rings. The summed E-state index contributed by atoms with van der Waals surface area (Å²) in [6.07, 6.45) is 9.47. The number of carbonyl (C=O) groups excluding carboxylic acids is 1. The van der Waals surface area contributed by atoms with E-state index in [4.69, 9.17) is 0 Å². The summed E-state index contributed by atoms with van der Waals surface area (Å²) in [5, 5.41) is 17.4. The molecule has 8 nitrogen and oxygen atoms in total. The van der Waals surface area contributed by atoms with Crippen LogP contribution in [0.2, 0.25) is 0 Å². The van der Waals surface area contributed by atoms with E-state index < -0.39 is 6.10 Å². The van der Waals surface area contributed by atoms with Crippen LogP contribution in [0.5, 0.6) is 0 Å². The van der Waals surface area contributed by atoms with Gasteiger partial charge < -0.3 is 15.0 Å². The number of imidazole rings is 1. The van der Waals surface area contributed by atoms with Crippen LogP contribution in [0.3, 0.4) is 0 Å². The number of hydrogen-bond acceptors (Lipinski definition) is 5. The second-order valence-corrected chi connectivity index (χ2v) is 7.04. The van der Waals surface area contributed by atoms with Crippen LogP contribution in [0.15, 0.2) is 55.6 Å². The highest BCUT2D eigenvalue weighted by Crippen LogP contribution is 2.27. The van der Waals surface area contributed by atoms with Gasteiger partial charge in [0.05, 0.1) is 25.0 Å². The molecule has 2 aromatic heterocycles. The molecule has 0 spiro atoms. The van der Waals surface area contributed by atoms with Gasteiger partial charge in [-0.3, -0.25) is 4.79 Å². The predicted molar refractivity (Wildman–Crippen MR) is 97.8 cm³/mol. The molecule has 1 saturated carbocycles. The third-order valence-corrected chi connectivity index (χ3v) is 4.97. The maximum absolute atomic E-state index is 12.7. The molecule has 2 heterocycles. The fourth-order valence-electron chi connectivity index (χ4n) is 3.68. The van der Waals surface area contributed by atoms with Crippen molar-refractivity contribution in [2.24, 2.45) is 5.92 Å². The van der Waals surface area contributed by atoms with Crippen LogP contribution in [0.4, 0.5) is 0 Å². The summed E-state index contributed by atoms with van der Waals surface area (Å²) in [6, 6.07) is 7.20. The second kappa shape index (κ2) is 7.71. The summed E-state index contributed by atoms with van der Waals surface area (Å²) in [4.78, 5) is 20.6. The van der Waals surface area contributed by atoms with Crippen molar-refractivity contribution in [2.45, 2.75) is 38.1 Å². The van der Waals surface area contributed by atoms with Gasteiger partial charge in [0.1, 0.15) is 12.7 Å². The van der Waals surface area contributed by atoms with E-state index >= 15 is 0 Å². The summed E-state index contributed by atoms with van der Waals surface area (Å²) < 4.78 is 3.72. The number of nitrogens with one attached hydrogen (secondary N) is 1. The maximum atomic E-state index is 12.7. The third kappa shape index (κ3) is 4.22. The standard InChI is InChI=1S/C19H22N6O2/c26-18-8-15(9-24-5-4-20-12-24)7-17(18)23-19(27)16-3-1-2-14(6-16)10-25-13-21-11-22-25/h1-6,11-13,15,17-18,26H,7-10H2,(H,23,27)/t15?,17-,18-/m1/s1. The minimum Gasteiger partial charge on any atom is -0.391 e. The monoisotopic (exact) mass is 366 g/mol. The molecule has 3 aromatic rings. The molecule has 8 heteroatoms. The van der Waals surface area contributed by atoms with Crippen molar-refractivity contribution < 1.29 is 9.90 Å². The molecule has 3 atom stereocenters. The van der Waals surface area contributed by atoms with Gasteiger partial charge in [0.25, 0.3) is 5.91 Å². The Morgan fingerprint density at radius 1 is 1.26 bits per heavy atom. The molecular weight excluding hydrogens is 344 g/mol. The number of rotatable bonds is 6. The molecule has 2 N–H and O–H groups in total. The quantitative estimate of drug-likeness (QED) is 0.681. The Bertz CT molecular complexity index is 878. The van der Waals surface area contributed by atoms with Crippen LogP contribution in [-0.4, -0.2) is 47.5 Å². The van der Waals surface area contributed by atoms with E-state index in [0.717, 1.165) is 18.5 Å². The number of aliphatic hydroxyl groups is 1. The van der Waals surface area contributed by atoms with Gasteiger partial charge in [-0.15, -0.1) is 0 Å². The average molecular weight is 366 g/mol. The first-order valence-corrected chi connectivity index (χ1v) is 9.03. The molecule has 27 heavy (non-hydrogen) atoms. The third-order valence-electron chi connectivity index (χ3n) is 4.97. The lowest BCUT2D eigenvalue weighted by molar-refractivity contribution is 0.0872. The first kappa shape index (κ1) is 17.4. The topological polar surface area (TPSA) is 97.9 Å². The lowest BCUT2D eigenvalue weighted by atomic mass is 10.1. The van der Waals surface area contributed by atoms with Crippen molar-refractivity contribution in [1.82, 2.24) is 29.6 Å². The minimum atomic E-state index is -0.527. The van der Waals surface area contributed by atoms with Crippen molar-refractivity contribution in [3.63, 3.8) is 0 Å². The first-order chi connectivity index (χ1) is 13.2. The second-order valence-electron chi connectivity index (χ2n) is 7.04. The van der Waals surface area contributed by atoms with E-state index in [1.807, 2.05) is 29.0 Å². The predicted octanol–water partition coefficient (Wildman–Crippen LogP) is 1.09. The highest BCUT2D eigenvalue weighted by molar-refractivity contribution is 5.94. The molecule has 140 valence electrons. The number of hydrogen-bond donors (Lipinski definition) is 2. The lowest BCUT2D eigenvalue weighted by Gasteiger charge is -2.17. The van der Waals surface area contributed by atoms with Crippen LogP contribution in [-0.2, 0) is 13.1 Å². The highest BCUT2D eigenvalue weighted by Gasteiger charge is 2.34. The lowest BCUT2D eigenvalue weighted by Crippen LogP contribution is -2.39. The van der Waals surface area contributed by atoms with Crippen molar-refractivity contribution in [3.05, 3.63) is 66.8 Å². The minimum absolute atomic E-state index is 0.164. The SMILES string of the molecule is O=C(N[C@@H]1CC(Cn2ccnc2)C[C@H]1O)c1cccc(Cn2cncn2)c1. The Balaban J connectivity index is 1.37. The smallest absolute Gasteiger partial charge is 0.251 e. The Labute approximate surface area is 156 Å². The zero-order valence-electron chi connectivity index (χ0n) is 14.8. The van der Waals surface area contributed by atoms with E-state index in [0.29, 0.717) is 24.4 Å². The van der Waals surface area contributed by atoms with E-state index in [1.54, 1.807) is 29.6 Å². The van der Waals surface area contributed by atoms with Gasteiger partial charge in [-0.2, -0.15) is 5.10 Å². The summed E-state index contributed by atoms with van der Waals surface area (Å²) in [7, 11) is 0. The summed E-state index contributed by atoms with van der Waals surface area (Å²) in [5.74, 6) is 0.154. The molecular formula is C19H22N6O2. The molecule has 4 rings (SSSR count). The molecule has 0 bridgehead atoms. The average Bonchev–Trinajstić information content (AvgIpc) is 3.40. The normalized spacial score (nSPS) is 22.0. The Kier molecular flexibility index (Phi) is 4.97. The van der Waals surface area contributed by atoms with Crippen molar-refractivity contribution >= 4 is 5.91 Å². The number of carbonyl (C=O) groups is 1. The highest BCUT2D eigenvalue weighted by atomic mass is 16.3. The van der Waals surface area contributed by atoms with Crippen LogP contribution >= 0.6 is 0 Å². The van der Waals surface area contributed by atoms with E-state index in [9.17, 15) is 9.90 Å². The van der Waals surface area contributed by atoms with Crippen LogP contribution in [0, 0.1) is 5.92 Å². The van der Waals surface area contributed by atoms with Gasteiger partial charge >= 0.3 is 0 Å². The van der Waals surface area contributed by atoms with Crippen LogP contribution in [0.1, 0.15) is 28.8 Å². The molecule has 1 aromatic carbocycles. The number of aliphatic hydroxyl groups excluding tert-OH is 1. The zero-order chi connectivity index (χ0) is 18.6. The summed E-state index contributed by atoms with van der Waals surface area (Å²) >= 11 is 0. The maximum Gasteiger partial charge on any atom is 0.251 e. The summed E-state index contributed by atoms with van der Waals surface area (Å²) in [6.45, 7) is 1.36. The van der Waals surface area contributed by atoms with Gasteiger partial charge in [-0.1, -0.05) is 12.1 Å². The van der Waals surface area contributed by atoms with Crippen molar-refractivity contribution in [3.8, 4) is 0 Å². The largest absolute Gasteiger partial charge is 0.391 e. The number of aromatic nitrogens is 5. The van der Waals surface area contributed by atoms with Gasteiger partial charge in [0.2, 0.25) is 0 Å². The molecule has 1 unspecified atom stereocenters. The Morgan fingerprint density at radius 2 is 2.19 bits per heavy atom.